The van der Waals surface area contributed by atoms with Gasteiger partial charge in [0.2, 0.25) is 0 Å². The zero-order valence-corrected chi connectivity index (χ0v) is 21.0. The molecule has 0 spiro atoms. The number of unbranched alkanes of at least 4 members (excludes halogenated alkanes) is 3. The van der Waals surface area contributed by atoms with E-state index in [-0.39, 0.29) is 0 Å². The maximum atomic E-state index is 11.2. The molecule has 0 aliphatic rings. The first-order valence-corrected chi connectivity index (χ1v) is 18.3. The van der Waals surface area contributed by atoms with Crippen LogP contribution in [0, 0.1) is 11.3 Å². The number of aliphatic hydroxyl groups is 1. The third-order valence-electron chi connectivity index (χ3n) is 5.61. The van der Waals surface area contributed by atoms with Crippen molar-refractivity contribution in [3.8, 4) is 6.07 Å². The van der Waals surface area contributed by atoms with E-state index in [0.717, 1.165) is 5.56 Å². The van der Waals surface area contributed by atoms with Crippen molar-refractivity contribution in [3.63, 3.8) is 0 Å². The Morgan fingerprint density at radius 1 is 0.963 bits per heavy atom. The van der Waals surface area contributed by atoms with Gasteiger partial charge in [-0.25, -0.2) is 0 Å². The van der Waals surface area contributed by atoms with E-state index in [1.807, 2.05) is 38.1 Å². The Morgan fingerprint density at radius 2 is 1.41 bits per heavy atom. The maximum absolute atomic E-state index is 11.2. The van der Waals surface area contributed by atoms with E-state index in [1.54, 1.807) is 0 Å². The van der Waals surface area contributed by atoms with Crippen molar-refractivity contribution in [3.05, 3.63) is 39.0 Å². The second-order valence-electron chi connectivity index (χ2n) is 8.44. The third-order valence-corrected chi connectivity index (χ3v) is 22.2. The van der Waals surface area contributed by atoms with Crippen LogP contribution in [-0.2, 0) is 0 Å². The minimum absolute atomic E-state index is 0.690. The molecule has 0 saturated heterocycles. The monoisotopic (exact) mass is 477 g/mol. The minimum atomic E-state index is -2.72. The molecular formula is C24H39NOSn. The molecule has 0 fully saturated rings. The number of rotatable bonds is 12. The summed E-state index contributed by atoms with van der Waals surface area (Å²) in [5.74, 6) is 0. The molecule has 3 heteroatoms. The van der Waals surface area contributed by atoms with Gasteiger partial charge in [-0.05, 0) is 0 Å². The van der Waals surface area contributed by atoms with Crippen molar-refractivity contribution in [1.29, 1.82) is 5.26 Å². The summed E-state index contributed by atoms with van der Waals surface area (Å²) in [6, 6.07) is 10.0. The summed E-state index contributed by atoms with van der Waals surface area (Å²) in [6.45, 7) is 10.8. The summed E-state index contributed by atoms with van der Waals surface area (Å²) in [4.78, 5) is 0. The van der Waals surface area contributed by atoms with Crippen LogP contribution in [0.2, 0.25) is 13.3 Å². The number of hydrogen-bond donors (Lipinski definition) is 1. The van der Waals surface area contributed by atoms with E-state index >= 15 is 0 Å². The Balaban J connectivity index is 3.46. The normalized spacial score (nSPS) is 12.9. The van der Waals surface area contributed by atoms with Crippen LogP contribution in [0.4, 0.5) is 0 Å². The van der Waals surface area contributed by atoms with Gasteiger partial charge in [0.15, 0.2) is 0 Å². The molecule has 0 atom stereocenters. The van der Waals surface area contributed by atoms with Gasteiger partial charge in [0.1, 0.15) is 0 Å². The Labute approximate surface area is 171 Å². The van der Waals surface area contributed by atoms with E-state index in [1.165, 1.54) is 55.4 Å². The van der Waals surface area contributed by atoms with Gasteiger partial charge < -0.3 is 0 Å². The van der Waals surface area contributed by atoms with Crippen molar-refractivity contribution in [2.75, 3.05) is 0 Å². The molecule has 0 aromatic heterocycles. The molecule has 0 heterocycles. The average molecular weight is 476 g/mol. The van der Waals surface area contributed by atoms with Gasteiger partial charge in [-0.2, -0.15) is 0 Å². The molecule has 150 valence electrons. The van der Waals surface area contributed by atoms with Gasteiger partial charge in [0.25, 0.3) is 0 Å². The summed E-state index contributed by atoms with van der Waals surface area (Å²) in [5, 5.41) is 20.3. The first-order chi connectivity index (χ1) is 12.8. The molecule has 27 heavy (non-hydrogen) atoms. The molecule has 0 aliphatic carbocycles. The fraction of sp³-hybridized carbons (Fsp3) is 0.625. The fourth-order valence-electron chi connectivity index (χ4n) is 4.12. The molecule has 0 amide bonds. The van der Waals surface area contributed by atoms with Gasteiger partial charge in [-0.15, -0.1) is 0 Å². The van der Waals surface area contributed by atoms with E-state index in [0.29, 0.717) is 5.56 Å². The number of nitrogens with zero attached hydrogens (tertiary/aromatic N) is 1. The standard InChI is InChI=1S/C12H12NO.3C4H9.Sn/c1-12(2,14)8-7-10-3-5-11(9-13)6-4-10;3*1-3-4-2;/h3-7,14H,1-2H3;3*1,3-4H2,2H3;. The Hall–Kier alpha value is -0.791. The summed E-state index contributed by atoms with van der Waals surface area (Å²) in [6.07, 6.45) is 9.82. The van der Waals surface area contributed by atoms with Crippen LogP contribution in [0.15, 0.2) is 27.9 Å². The Kier molecular flexibility index (Phi) is 10.7. The SMILES string of the molecule is CCC[CH2][Sn]([CH2]CCC)([CH2]CCC)/[C](=C\c1ccc(C#N)cc1)C(C)(C)O. The predicted molar refractivity (Wildman–Crippen MR) is 120 cm³/mol. The molecule has 0 bridgehead atoms. The van der Waals surface area contributed by atoms with E-state index < -0.39 is 24.0 Å². The van der Waals surface area contributed by atoms with Gasteiger partial charge in [0, 0.05) is 0 Å². The van der Waals surface area contributed by atoms with Crippen LogP contribution >= 0.6 is 0 Å². The summed E-state index contributed by atoms with van der Waals surface area (Å²) >= 11 is -2.72. The van der Waals surface area contributed by atoms with Crippen LogP contribution in [0.3, 0.4) is 0 Å². The summed E-state index contributed by atoms with van der Waals surface area (Å²) < 4.78 is 5.41. The number of nitriles is 1. The van der Waals surface area contributed by atoms with Crippen molar-refractivity contribution in [1.82, 2.24) is 0 Å². The zero-order valence-electron chi connectivity index (χ0n) is 18.1. The van der Waals surface area contributed by atoms with Gasteiger partial charge in [0.05, 0.1) is 0 Å². The van der Waals surface area contributed by atoms with E-state index in [9.17, 15) is 5.11 Å². The molecule has 1 N–H and O–H groups in total. The van der Waals surface area contributed by atoms with Gasteiger partial charge >= 0.3 is 172 Å². The fourth-order valence-corrected chi connectivity index (χ4v) is 22.4. The molecular weight excluding hydrogens is 437 g/mol. The molecule has 0 unspecified atom stereocenters. The number of benzene rings is 1. The van der Waals surface area contributed by atoms with Crippen LogP contribution in [-0.4, -0.2) is 29.1 Å². The van der Waals surface area contributed by atoms with E-state index in [4.69, 9.17) is 5.26 Å². The second-order valence-corrected chi connectivity index (χ2v) is 21.6. The van der Waals surface area contributed by atoms with Crippen LogP contribution < -0.4 is 0 Å². The predicted octanol–water partition coefficient (Wildman–Crippen LogP) is 7.10. The molecule has 1 rings (SSSR count). The Morgan fingerprint density at radius 3 is 1.74 bits per heavy atom. The van der Waals surface area contributed by atoms with Gasteiger partial charge in [-0.3, -0.25) is 0 Å². The molecule has 1 aromatic carbocycles. The third kappa shape index (κ3) is 7.62. The van der Waals surface area contributed by atoms with Crippen molar-refractivity contribution >= 4 is 24.5 Å². The van der Waals surface area contributed by atoms with E-state index in [2.05, 4.69) is 32.9 Å². The van der Waals surface area contributed by atoms with Crippen LogP contribution in [0.1, 0.15) is 84.3 Å². The average Bonchev–Trinajstić information content (AvgIpc) is 2.66. The Bertz CT molecular complexity index is 597. The number of hydrogen-bond acceptors (Lipinski definition) is 2. The molecule has 0 radical (unpaired) electrons. The van der Waals surface area contributed by atoms with Crippen molar-refractivity contribution in [2.24, 2.45) is 0 Å². The second kappa shape index (κ2) is 11.9. The first kappa shape index (κ1) is 24.2. The van der Waals surface area contributed by atoms with Crippen molar-refractivity contribution < 1.29 is 5.11 Å². The summed E-state index contributed by atoms with van der Waals surface area (Å²) in [5.41, 5.74) is 1.05. The van der Waals surface area contributed by atoms with Crippen LogP contribution in [0.25, 0.3) is 6.08 Å². The molecule has 2 nitrogen and oxygen atoms in total. The van der Waals surface area contributed by atoms with Crippen LogP contribution in [0.5, 0.6) is 0 Å². The van der Waals surface area contributed by atoms with Gasteiger partial charge in [-0.1, -0.05) is 0 Å². The zero-order chi connectivity index (χ0) is 20.3. The van der Waals surface area contributed by atoms with Crippen molar-refractivity contribution in [2.45, 2.75) is 92.1 Å². The molecule has 0 aliphatic heterocycles. The first-order valence-electron chi connectivity index (χ1n) is 10.8. The molecule has 1 aromatic rings. The quantitative estimate of drug-likeness (QED) is 0.327. The summed E-state index contributed by atoms with van der Waals surface area (Å²) in [7, 11) is 0. The molecule has 0 saturated carbocycles. The topological polar surface area (TPSA) is 44.0 Å².